The maximum Gasteiger partial charge on any atom is 0.243 e. The standard InChI is InChI=1S/C21H26N2O2/c1-2-3-14-25-19-11-6-10-18(15-19)22-21(24)16-23-13-7-9-17-8-4-5-12-20(17)23/h4-6,8,10-12,15H,2-3,7,9,13-14,16H2,1H3,(H,22,24). The van der Waals surface area contributed by atoms with Crippen molar-refractivity contribution >= 4 is 17.3 Å². The number of fused-ring (bicyclic) bond motifs is 1. The average molecular weight is 338 g/mol. The molecule has 0 spiro atoms. The molecule has 0 radical (unpaired) electrons. The number of para-hydroxylation sites is 1. The van der Waals surface area contributed by atoms with Crippen molar-refractivity contribution in [3.8, 4) is 5.75 Å². The minimum absolute atomic E-state index is 0.00223. The van der Waals surface area contributed by atoms with Gasteiger partial charge in [0.2, 0.25) is 5.91 Å². The Balaban J connectivity index is 1.59. The number of nitrogens with zero attached hydrogens (tertiary/aromatic N) is 1. The molecular weight excluding hydrogens is 312 g/mol. The second kappa shape index (κ2) is 8.56. The first-order valence-corrected chi connectivity index (χ1v) is 9.12. The van der Waals surface area contributed by atoms with Gasteiger partial charge in [0, 0.05) is 24.0 Å². The molecule has 0 fully saturated rings. The first-order valence-electron chi connectivity index (χ1n) is 9.12. The summed E-state index contributed by atoms with van der Waals surface area (Å²) in [5.74, 6) is 0.803. The van der Waals surface area contributed by atoms with Crippen molar-refractivity contribution in [3.05, 3.63) is 54.1 Å². The molecule has 0 unspecified atom stereocenters. The Morgan fingerprint density at radius 2 is 2.08 bits per heavy atom. The number of carbonyl (C=O) groups is 1. The predicted molar refractivity (Wildman–Crippen MR) is 102 cm³/mol. The van der Waals surface area contributed by atoms with Crippen LogP contribution in [0.2, 0.25) is 0 Å². The molecule has 0 saturated carbocycles. The van der Waals surface area contributed by atoms with Crippen molar-refractivity contribution in [2.24, 2.45) is 0 Å². The molecule has 1 aliphatic rings. The lowest BCUT2D eigenvalue weighted by Crippen LogP contribution is -2.36. The molecule has 0 aliphatic carbocycles. The van der Waals surface area contributed by atoms with Gasteiger partial charge in [-0.15, -0.1) is 0 Å². The number of rotatable bonds is 7. The third kappa shape index (κ3) is 4.75. The summed E-state index contributed by atoms with van der Waals surface area (Å²) in [6.45, 7) is 4.14. The second-order valence-electron chi connectivity index (χ2n) is 6.43. The highest BCUT2D eigenvalue weighted by Crippen LogP contribution is 2.26. The summed E-state index contributed by atoms with van der Waals surface area (Å²) in [7, 11) is 0. The van der Waals surface area contributed by atoms with E-state index in [9.17, 15) is 4.79 Å². The number of amides is 1. The molecule has 1 heterocycles. The Hall–Kier alpha value is -2.49. The summed E-state index contributed by atoms with van der Waals surface area (Å²) in [5.41, 5.74) is 3.29. The van der Waals surface area contributed by atoms with Crippen molar-refractivity contribution in [2.45, 2.75) is 32.6 Å². The van der Waals surface area contributed by atoms with Gasteiger partial charge in [0.1, 0.15) is 5.75 Å². The molecule has 0 saturated heterocycles. The van der Waals surface area contributed by atoms with Crippen molar-refractivity contribution < 1.29 is 9.53 Å². The number of hydrogen-bond donors (Lipinski definition) is 1. The predicted octanol–water partition coefficient (Wildman–Crippen LogP) is 4.26. The molecule has 3 rings (SSSR count). The van der Waals surface area contributed by atoms with E-state index in [4.69, 9.17) is 4.74 Å². The first-order chi connectivity index (χ1) is 12.3. The Bertz CT molecular complexity index is 715. The van der Waals surface area contributed by atoms with Gasteiger partial charge in [-0.05, 0) is 43.0 Å². The van der Waals surface area contributed by atoms with Crippen molar-refractivity contribution in [1.29, 1.82) is 0 Å². The van der Waals surface area contributed by atoms with Gasteiger partial charge in [0.25, 0.3) is 0 Å². The van der Waals surface area contributed by atoms with Crippen LogP contribution < -0.4 is 15.0 Å². The molecule has 1 amide bonds. The molecule has 0 bridgehead atoms. The van der Waals surface area contributed by atoms with E-state index < -0.39 is 0 Å². The van der Waals surface area contributed by atoms with Gasteiger partial charge in [-0.25, -0.2) is 0 Å². The van der Waals surface area contributed by atoms with Gasteiger partial charge in [0.05, 0.1) is 13.2 Å². The van der Waals surface area contributed by atoms with Gasteiger partial charge in [0.15, 0.2) is 0 Å². The van der Waals surface area contributed by atoms with E-state index in [1.807, 2.05) is 30.3 Å². The number of hydrogen-bond acceptors (Lipinski definition) is 3. The Kier molecular flexibility index (Phi) is 5.94. The quantitative estimate of drug-likeness (QED) is 0.767. The Labute approximate surface area is 149 Å². The van der Waals surface area contributed by atoms with E-state index in [0.717, 1.165) is 43.7 Å². The molecule has 1 aliphatic heterocycles. The fourth-order valence-corrected chi connectivity index (χ4v) is 3.15. The summed E-state index contributed by atoms with van der Waals surface area (Å²) >= 11 is 0. The fourth-order valence-electron chi connectivity index (χ4n) is 3.15. The van der Waals surface area contributed by atoms with Crippen LogP contribution >= 0.6 is 0 Å². The van der Waals surface area contributed by atoms with Crippen LogP contribution in [0.15, 0.2) is 48.5 Å². The van der Waals surface area contributed by atoms with Gasteiger partial charge in [-0.1, -0.05) is 37.6 Å². The minimum Gasteiger partial charge on any atom is -0.494 e. The highest BCUT2D eigenvalue weighted by Gasteiger charge is 2.18. The highest BCUT2D eigenvalue weighted by atomic mass is 16.5. The van der Waals surface area contributed by atoms with E-state index in [-0.39, 0.29) is 5.91 Å². The van der Waals surface area contributed by atoms with Crippen LogP contribution in [0.4, 0.5) is 11.4 Å². The smallest absolute Gasteiger partial charge is 0.243 e. The molecule has 0 aromatic heterocycles. The summed E-state index contributed by atoms with van der Waals surface area (Å²) in [5, 5.41) is 2.99. The molecule has 4 heteroatoms. The van der Waals surface area contributed by atoms with Crippen molar-refractivity contribution in [3.63, 3.8) is 0 Å². The summed E-state index contributed by atoms with van der Waals surface area (Å²) < 4.78 is 5.70. The molecule has 132 valence electrons. The van der Waals surface area contributed by atoms with Crippen LogP contribution in [0.3, 0.4) is 0 Å². The van der Waals surface area contributed by atoms with Crippen LogP contribution in [-0.2, 0) is 11.2 Å². The zero-order valence-corrected chi connectivity index (χ0v) is 14.8. The van der Waals surface area contributed by atoms with E-state index in [2.05, 4.69) is 35.3 Å². The summed E-state index contributed by atoms with van der Waals surface area (Å²) in [6.07, 6.45) is 4.31. The minimum atomic E-state index is 0.00223. The van der Waals surface area contributed by atoms with Gasteiger partial charge in [-0.3, -0.25) is 4.79 Å². The van der Waals surface area contributed by atoms with E-state index >= 15 is 0 Å². The zero-order chi connectivity index (χ0) is 17.5. The highest BCUT2D eigenvalue weighted by molar-refractivity contribution is 5.94. The van der Waals surface area contributed by atoms with Gasteiger partial charge < -0.3 is 15.0 Å². The number of ether oxygens (including phenoxy) is 1. The van der Waals surface area contributed by atoms with Crippen LogP contribution in [0.1, 0.15) is 31.7 Å². The van der Waals surface area contributed by atoms with E-state index in [0.29, 0.717) is 13.2 Å². The number of anilines is 2. The normalized spacial score (nSPS) is 13.2. The summed E-state index contributed by atoms with van der Waals surface area (Å²) in [6, 6.07) is 16.0. The largest absolute Gasteiger partial charge is 0.494 e. The van der Waals surface area contributed by atoms with Crippen LogP contribution in [0, 0.1) is 0 Å². The second-order valence-corrected chi connectivity index (χ2v) is 6.43. The molecule has 0 atom stereocenters. The zero-order valence-electron chi connectivity index (χ0n) is 14.8. The monoisotopic (exact) mass is 338 g/mol. The number of benzene rings is 2. The van der Waals surface area contributed by atoms with E-state index in [1.54, 1.807) is 0 Å². The molecule has 2 aromatic rings. The maximum atomic E-state index is 12.5. The van der Waals surface area contributed by atoms with Crippen LogP contribution in [0.5, 0.6) is 5.75 Å². The number of unbranched alkanes of at least 4 members (excludes halogenated alkanes) is 1. The summed E-state index contributed by atoms with van der Waals surface area (Å²) in [4.78, 5) is 14.6. The molecule has 4 nitrogen and oxygen atoms in total. The van der Waals surface area contributed by atoms with E-state index in [1.165, 1.54) is 11.3 Å². The Morgan fingerprint density at radius 1 is 1.20 bits per heavy atom. The SMILES string of the molecule is CCCCOc1cccc(NC(=O)CN2CCCc3ccccc32)c1. The lowest BCUT2D eigenvalue weighted by Gasteiger charge is -2.30. The molecule has 2 aromatic carbocycles. The van der Waals surface area contributed by atoms with Crippen LogP contribution in [0.25, 0.3) is 0 Å². The lowest BCUT2D eigenvalue weighted by atomic mass is 10.0. The van der Waals surface area contributed by atoms with Gasteiger partial charge >= 0.3 is 0 Å². The number of nitrogens with one attached hydrogen (secondary N) is 1. The van der Waals surface area contributed by atoms with Crippen LogP contribution in [-0.4, -0.2) is 25.6 Å². The third-order valence-electron chi connectivity index (χ3n) is 4.43. The topological polar surface area (TPSA) is 41.6 Å². The molecule has 25 heavy (non-hydrogen) atoms. The number of aryl methyl sites for hydroxylation is 1. The number of carbonyl (C=O) groups excluding carboxylic acids is 1. The first kappa shape index (κ1) is 17.3. The average Bonchev–Trinajstić information content (AvgIpc) is 2.62. The lowest BCUT2D eigenvalue weighted by molar-refractivity contribution is -0.115. The molecular formula is C21H26N2O2. The third-order valence-corrected chi connectivity index (χ3v) is 4.43. The fraction of sp³-hybridized carbons (Fsp3) is 0.381. The van der Waals surface area contributed by atoms with Crippen molar-refractivity contribution in [2.75, 3.05) is 29.9 Å². The maximum absolute atomic E-state index is 12.5. The molecule has 1 N–H and O–H groups in total. The van der Waals surface area contributed by atoms with Gasteiger partial charge in [-0.2, -0.15) is 0 Å². The Morgan fingerprint density at radius 3 is 2.96 bits per heavy atom. The van der Waals surface area contributed by atoms with Crippen molar-refractivity contribution in [1.82, 2.24) is 0 Å².